The number of hydrogen-bond donors (Lipinski definition) is 0. The zero-order chi connectivity index (χ0) is 16.3. The monoisotopic (exact) mass is 386 g/mol. The van der Waals surface area contributed by atoms with Crippen LogP contribution in [0.25, 0.3) is 10.8 Å². The summed E-state index contributed by atoms with van der Waals surface area (Å²) >= 11 is 16.0. The molecule has 114 valence electrons. The minimum atomic E-state index is -4.42. The van der Waals surface area contributed by atoms with E-state index in [1.165, 1.54) is 0 Å². The van der Waals surface area contributed by atoms with Crippen molar-refractivity contribution in [1.82, 2.24) is 0 Å². The zero-order valence-corrected chi connectivity index (χ0v) is 12.5. The van der Waals surface area contributed by atoms with Crippen molar-refractivity contribution in [2.45, 2.75) is 0 Å². The highest BCUT2D eigenvalue weighted by molar-refractivity contribution is 7.69. The molecule has 0 heterocycles. The SMILES string of the molecule is Fc1c(F)c(F)c2c(F)c([Si](Cl)(Cl)Cl)c(F)c(F)c2c1F. The molecular weight excluding hydrogens is 388 g/mol. The predicted molar refractivity (Wildman–Crippen MR) is 66.6 cm³/mol. The molecule has 0 atom stereocenters. The zero-order valence-electron chi connectivity index (χ0n) is 9.28. The van der Waals surface area contributed by atoms with Gasteiger partial charge in [0.1, 0.15) is 5.82 Å². The molecule has 0 nitrogen and oxygen atoms in total. The number of halogens is 10. The molecule has 0 N–H and O–H groups in total. The van der Waals surface area contributed by atoms with E-state index in [0.717, 1.165) is 0 Å². The Balaban J connectivity index is 3.19. The first kappa shape index (κ1) is 16.7. The van der Waals surface area contributed by atoms with Gasteiger partial charge in [0.2, 0.25) is 0 Å². The van der Waals surface area contributed by atoms with Gasteiger partial charge in [0.15, 0.2) is 34.9 Å². The lowest BCUT2D eigenvalue weighted by Gasteiger charge is -2.15. The summed E-state index contributed by atoms with van der Waals surface area (Å²) < 4.78 is 94.6. The Labute approximate surface area is 127 Å². The topological polar surface area (TPSA) is 0 Å². The number of benzene rings is 2. The fraction of sp³-hybridized carbons (Fsp3) is 0. The normalized spacial score (nSPS) is 12.3. The minimum absolute atomic E-state index is 1.44. The van der Waals surface area contributed by atoms with Gasteiger partial charge in [-0.3, -0.25) is 0 Å². The van der Waals surface area contributed by atoms with E-state index >= 15 is 0 Å². The van der Waals surface area contributed by atoms with Gasteiger partial charge in [-0.05, 0) is 0 Å². The molecule has 2 aromatic rings. The first-order chi connectivity index (χ1) is 9.50. The average Bonchev–Trinajstić information content (AvgIpc) is 2.36. The fourth-order valence-electron chi connectivity index (χ4n) is 1.73. The van der Waals surface area contributed by atoms with Gasteiger partial charge in [-0.25, -0.2) is 30.7 Å². The van der Waals surface area contributed by atoms with Crippen molar-refractivity contribution in [3.63, 3.8) is 0 Å². The molecular formula is C10Cl3F7Si. The van der Waals surface area contributed by atoms with Crippen molar-refractivity contribution < 1.29 is 30.7 Å². The molecule has 2 aromatic carbocycles. The third-order valence-electron chi connectivity index (χ3n) is 2.62. The van der Waals surface area contributed by atoms with Crippen LogP contribution in [0.15, 0.2) is 0 Å². The molecule has 0 amide bonds. The molecule has 0 aromatic heterocycles. The van der Waals surface area contributed by atoms with E-state index in [2.05, 4.69) is 0 Å². The highest BCUT2D eigenvalue weighted by atomic mass is 35.8. The van der Waals surface area contributed by atoms with Crippen LogP contribution < -0.4 is 5.19 Å². The highest BCUT2D eigenvalue weighted by Crippen LogP contribution is 2.34. The van der Waals surface area contributed by atoms with Gasteiger partial charge in [-0.1, -0.05) is 0 Å². The molecule has 0 aliphatic carbocycles. The number of rotatable bonds is 1. The molecule has 11 heteroatoms. The van der Waals surface area contributed by atoms with Crippen LogP contribution in [0.2, 0.25) is 0 Å². The van der Waals surface area contributed by atoms with Gasteiger partial charge in [0.25, 0.3) is 0 Å². The molecule has 0 radical (unpaired) electrons. The van der Waals surface area contributed by atoms with Gasteiger partial charge in [0.05, 0.1) is 16.0 Å². The lowest BCUT2D eigenvalue weighted by molar-refractivity contribution is 0.412. The van der Waals surface area contributed by atoms with Crippen LogP contribution in [0.3, 0.4) is 0 Å². The van der Waals surface area contributed by atoms with Gasteiger partial charge >= 0.3 is 6.00 Å². The van der Waals surface area contributed by atoms with Crippen LogP contribution in [0.1, 0.15) is 0 Å². The molecule has 0 bridgehead atoms. The minimum Gasteiger partial charge on any atom is -0.206 e. The van der Waals surface area contributed by atoms with Crippen molar-refractivity contribution in [2.75, 3.05) is 0 Å². The second-order valence-electron chi connectivity index (χ2n) is 3.82. The first-order valence-electron chi connectivity index (χ1n) is 4.89. The van der Waals surface area contributed by atoms with E-state index in [1.54, 1.807) is 0 Å². The summed E-state index contributed by atoms with van der Waals surface area (Å²) in [7, 11) is 0. The molecule has 0 aliphatic rings. The van der Waals surface area contributed by atoms with Crippen molar-refractivity contribution in [3.05, 3.63) is 40.7 Å². The smallest absolute Gasteiger partial charge is 0.206 e. The first-order valence-corrected chi connectivity index (χ1v) is 9.93. The van der Waals surface area contributed by atoms with Crippen molar-refractivity contribution in [2.24, 2.45) is 0 Å². The summed E-state index contributed by atoms with van der Waals surface area (Å²) in [6.45, 7) is 0. The molecule has 0 aliphatic heterocycles. The third-order valence-corrected chi connectivity index (χ3v) is 5.33. The summed E-state index contributed by atoms with van der Waals surface area (Å²) in [5, 5.41) is -4.85. The van der Waals surface area contributed by atoms with Crippen molar-refractivity contribution in [3.8, 4) is 0 Å². The van der Waals surface area contributed by atoms with E-state index in [0.29, 0.717) is 0 Å². The molecule has 0 fully saturated rings. The molecule has 21 heavy (non-hydrogen) atoms. The number of fused-ring (bicyclic) bond motifs is 1. The molecule has 0 unspecified atom stereocenters. The van der Waals surface area contributed by atoms with Crippen LogP contribution >= 0.6 is 33.2 Å². The molecule has 2 rings (SSSR count). The van der Waals surface area contributed by atoms with Gasteiger partial charge in [-0.15, -0.1) is 33.2 Å². The van der Waals surface area contributed by atoms with E-state index in [4.69, 9.17) is 33.2 Å². The maximum Gasteiger partial charge on any atom is 0.378 e. The Bertz CT molecular complexity index is 772. The fourth-order valence-corrected chi connectivity index (χ4v) is 3.96. The van der Waals surface area contributed by atoms with Gasteiger partial charge < -0.3 is 0 Å². The lowest BCUT2D eigenvalue weighted by atomic mass is 10.1. The second-order valence-corrected chi connectivity index (χ2v) is 12.2. The largest absolute Gasteiger partial charge is 0.378 e. The van der Waals surface area contributed by atoms with Crippen LogP contribution in [-0.2, 0) is 0 Å². The Hall–Kier alpha value is -0.703. The van der Waals surface area contributed by atoms with E-state index in [1.807, 2.05) is 0 Å². The molecule has 0 spiro atoms. The third kappa shape index (κ3) is 2.38. The van der Waals surface area contributed by atoms with Crippen molar-refractivity contribution >= 4 is 55.2 Å². The van der Waals surface area contributed by atoms with E-state index in [9.17, 15) is 30.7 Å². The Morgan fingerprint density at radius 2 is 0.810 bits per heavy atom. The summed E-state index contributed by atoms with van der Waals surface area (Å²) in [6, 6.07) is -4.42. The van der Waals surface area contributed by atoms with Crippen LogP contribution in [0.4, 0.5) is 30.7 Å². The highest BCUT2D eigenvalue weighted by Gasteiger charge is 2.40. The Kier molecular flexibility index (Phi) is 4.11. The van der Waals surface area contributed by atoms with Crippen LogP contribution in [-0.4, -0.2) is 6.00 Å². The van der Waals surface area contributed by atoms with Crippen LogP contribution in [0.5, 0.6) is 0 Å². The summed E-state index contributed by atoms with van der Waals surface area (Å²) in [5.74, 6) is -15.7. The van der Waals surface area contributed by atoms with Crippen LogP contribution in [0, 0.1) is 40.7 Å². The number of hydrogen-bond acceptors (Lipinski definition) is 0. The summed E-state index contributed by atoms with van der Waals surface area (Å²) in [5.41, 5.74) is 0. The standard InChI is InChI=1S/C10Cl3F7Si/c11-21(12,13)10-6(17)2-1(5(16)9(10)20)3(14)7(18)8(19)4(2)15. The lowest BCUT2D eigenvalue weighted by Crippen LogP contribution is -2.37. The van der Waals surface area contributed by atoms with Gasteiger partial charge in [-0.2, -0.15) is 0 Å². The quantitative estimate of drug-likeness (QED) is 0.219. The average molecular weight is 388 g/mol. The van der Waals surface area contributed by atoms with E-state index < -0.39 is 62.7 Å². The van der Waals surface area contributed by atoms with Gasteiger partial charge in [0, 0.05) is 0 Å². The maximum absolute atomic E-state index is 14.0. The maximum atomic E-state index is 14.0. The summed E-state index contributed by atoms with van der Waals surface area (Å²) in [4.78, 5) is 0. The molecule has 0 saturated heterocycles. The Morgan fingerprint density at radius 3 is 1.19 bits per heavy atom. The second kappa shape index (κ2) is 5.19. The van der Waals surface area contributed by atoms with E-state index in [-0.39, 0.29) is 0 Å². The van der Waals surface area contributed by atoms with Crippen molar-refractivity contribution in [1.29, 1.82) is 0 Å². The molecule has 0 saturated carbocycles. The predicted octanol–water partition coefficient (Wildman–Crippen LogP) is 4.68. The Morgan fingerprint density at radius 1 is 0.476 bits per heavy atom. The summed E-state index contributed by atoms with van der Waals surface area (Å²) in [6.07, 6.45) is 0.